The number of carboxylic acid groups (broad SMARTS) is 1. The first kappa shape index (κ1) is 18.6. The molecular formula is C9H25O4PSi2. The number of rotatable bonds is 6. The fourth-order valence-electron chi connectivity index (χ4n) is 0.553. The van der Waals surface area contributed by atoms with Crippen LogP contribution in [0.4, 0.5) is 0 Å². The van der Waals surface area contributed by atoms with Crippen LogP contribution in [0.5, 0.6) is 0 Å². The molecule has 0 aromatic rings. The lowest BCUT2D eigenvalue weighted by Crippen LogP contribution is -2.22. The Labute approximate surface area is 103 Å². The second-order valence-electron chi connectivity index (χ2n) is 5.56. The lowest BCUT2D eigenvalue weighted by molar-refractivity contribution is -0.122. The molecule has 0 amide bonds. The van der Waals surface area contributed by atoms with Crippen LogP contribution in [0.15, 0.2) is 0 Å². The summed E-state index contributed by atoms with van der Waals surface area (Å²) < 4.78 is 11.1. The summed E-state index contributed by atoms with van der Waals surface area (Å²) in [5, 5.41) is 6.89. The van der Waals surface area contributed by atoms with Crippen LogP contribution >= 0.6 is 9.03 Å². The van der Waals surface area contributed by atoms with Crippen molar-refractivity contribution in [3.05, 3.63) is 0 Å². The quantitative estimate of drug-likeness (QED) is 0.351. The summed E-state index contributed by atoms with van der Waals surface area (Å²) in [6.07, 6.45) is 0. The van der Waals surface area contributed by atoms with Crippen LogP contribution in [0, 0.1) is 0 Å². The molecule has 98 valence electrons. The van der Waals surface area contributed by atoms with Gasteiger partial charge >= 0.3 is 0 Å². The average molecular weight is 284 g/mol. The molecule has 0 aliphatic carbocycles. The molecule has 4 nitrogen and oxygen atoms in total. The SMILES string of the molecule is C[Si](C)(C)CCOPO[Si](C)(C)C.O=CO. The Balaban J connectivity index is 0. The van der Waals surface area contributed by atoms with E-state index in [1.165, 1.54) is 6.04 Å². The van der Waals surface area contributed by atoms with Crippen LogP contribution in [0.1, 0.15) is 0 Å². The summed E-state index contributed by atoms with van der Waals surface area (Å²) in [7, 11) is -2.02. The smallest absolute Gasteiger partial charge is 0.290 e. The van der Waals surface area contributed by atoms with Gasteiger partial charge in [0.05, 0.1) is 6.61 Å². The van der Waals surface area contributed by atoms with Gasteiger partial charge in [-0.1, -0.05) is 19.6 Å². The van der Waals surface area contributed by atoms with E-state index >= 15 is 0 Å². The zero-order valence-corrected chi connectivity index (χ0v) is 14.2. The molecule has 0 aromatic heterocycles. The van der Waals surface area contributed by atoms with Crippen molar-refractivity contribution in [2.24, 2.45) is 0 Å². The van der Waals surface area contributed by atoms with Gasteiger partial charge in [0.2, 0.25) is 0 Å². The summed E-state index contributed by atoms with van der Waals surface area (Å²) in [5.74, 6) is 0. The van der Waals surface area contributed by atoms with Gasteiger partial charge in [0.15, 0.2) is 8.32 Å². The van der Waals surface area contributed by atoms with Crippen LogP contribution in [0.3, 0.4) is 0 Å². The molecule has 1 atom stereocenters. The van der Waals surface area contributed by atoms with E-state index in [4.69, 9.17) is 18.6 Å². The van der Waals surface area contributed by atoms with Crippen molar-refractivity contribution >= 4 is 31.9 Å². The van der Waals surface area contributed by atoms with Crippen molar-refractivity contribution in [3.63, 3.8) is 0 Å². The molecule has 16 heavy (non-hydrogen) atoms. The highest BCUT2D eigenvalue weighted by molar-refractivity contribution is 7.29. The summed E-state index contributed by atoms with van der Waals surface area (Å²) >= 11 is 0. The molecule has 1 N–H and O–H groups in total. The number of hydrogen-bond acceptors (Lipinski definition) is 3. The minimum Gasteiger partial charge on any atom is -0.483 e. The third-order valence-electron chi connectivity index (χ3n) is 1.36. The summed E-state index contributed by atoms with van der Waals surface area (Å²) in [4.78, 5) is 8.36. The van der Waals surface area contributed by atoms with E-state index in [9.17, 15) is 0 Å². The van der Waals surface area contributed by atoms with E-state index in [1.54, 1.807) is 0 Å². The highest BCUT2D eigenvalue weighted by Gasteiger charge is 2.15. The van der Waals surface area contributed by atoms with Gasteiger partial charge in [-0.3, -0.25) is 4.79 Å². The number of hydrogen-bond donors (Lipinski definition) is 1. The summed E-state index contributed by atoms with van der Waals surface area (Å²) in [6.45, 7) is 14.3. The maximum Gasteiger partial charge on any atom is 0.290 e. The van der Waals surface area contributed by atoms with E-state index in [-0.39, 0.29) is 15.5 Å². The van der Waals surface area contributed by atoms with Crippen LogP contribution < -0.4 is 0 Å². The van der Waals surface area contributed by atoms with Gasteiger partial charge in [-0.05, 0) is 25.7 Å². The van der Waals surface area contributed by atoms with Crippen molar-refractivity contribution in [3.8, 4) is 0 Å². The average Bonchev–Trinajstić information content (AvgIpc) is 2.00. The van der Waals surface area contributed by atoms with Crippen LogP contribution in [0.25, 0.3) is 0 Å². The van der Waals surface area contributed by atoms with E-state index in [1.807, 2.05) is 0 Å². The molecule has 1 unspecified atom stereocenters. The van der Waals surface area contributed by atoms with Crippen molar-refractivity contribution in [1.29, 1.82) is 0 Å². The second-order valence-corrected chi connectivity index (χ2v) is 16.7. The summed E-state index contributed by atoms with van der Waals surface area (Å²) in [6, 6.07) is 1.23. The van der Waals surface area contributed by atoms with Crippen LogP contribution in [-0.4, -0.2) is 34.6 Å². The molecule has 0 fully saturated rings. The lowest BCUT2D eigenvalue weighted by atomic mass is 10.9. The topological polar surface area (TPSA) is 55.8 Å². The van der Waals surface area contributed by atoms with Crippen molar-refractivity contribution < 1.29 is 18.6 Å². The Kier molecular flexibility index (Phi) is 10.8. The molecule has 7 heteroatoms. The molecule has 0 saturated carbocycles. The first-order chi connectivity index (χ1) is 7.12. The van der Waals surface area contributed by atoms with Crippen molar-refractivity contribution in [2.45, 2.75) is 45.3 Å². The van der Waals surface area contributed by atoms with E-state index in [2.05, 4.69) is 39.3 Å². The molecule has 0 bridgehead atoms. The molecular weight excluding hydrogens is 259 g/mol. The standard InChI is InChI=1S/C8H23O2PSi2.CH2O2/c1-12(2,3)8-7-9-11-10-13(4,5)6;2-1-3/h11H,7-8H2,1-6H3;1H,(H,2,3). The minimum absolute atomic E-state index is 0.250. The Morgan fingerprint density at radius 2 is 1.62 bits per heavy atom. The lowest BCUT2D eigenvalue weighted by Gasteiger charge is -2.18. The zero-order valence-electron chi connectivity index (χ0n) is 11.2. The highest BCUT2D eigenvalue weighted by Crippen LogP contribution is 2.22. The Morgan fingerprint density at radius 3 is 1.94 bits per heavy atom. The molecule has 0 spiro atoms. The Hall–Kier alpha value is 0.254. The van der Waals surface area contributed by atoms with Crippen LogP contribution in [0.2, 0.25) is 45.3 Å². The fraction of sp³-hybridized carbons (Fsp3) is 0.889. The maximum atomic E-state index is 8.36. The molecule has 0 aliphatic heterocycles. The maximum absolute atomic E-state index is 8.36. The minimum atomic E-state index is -1.35. The van der Waals surface area contributed by atoms with Gasteiger partial charge in [0.1, 0.15) is 9.03 Å². The van der Waals surface area contributed by atoms with Gasteiger partial charge in [-0.25, -0.2) is 0 Å². The molecule has 0 aromatic carbocycles. The van der Waals surface area contributed by atoms with Gasteiger partial charge in [0.25, 0.3) is 6.47 Å². The first-order valence-electron chi connectivity index (χ1n) is 5.25. The largest absolute Gasteiger partial charge is 0.483 e. The Morgan fingerprint density at radius 1 is 1.19 bits per heavy atom. The van der Waals surface area contributed by atoms with E-state index in [0.717, 1.165) is 6.61 Å². The third kappa shape index (κ3) is 23.8. The van der Waals surface area contributed by atoms with Gasteiger partial charge < -0.3 is 13.8 Å². The van der Waals surface area contributed by atoms with Gasteiger partial charge in [0, 0.05) is 8.07 Å². The Bertz CT molecular complexity index is 161. The predicted octanol–water partition coefficient (Wildman–Crippen LogP) is 3.40. The van der Waals surface area contributed by atoms with Crippen LogP contribution in [-0.2, 0) is 13.5 Å². The van der Waals surface area contributed by atoms with E-state index in [0.29, 0.717) is 0 Å². The number of carbonyl (C=O) groups is 1. The van der Waals surface area contributed by atoms with E-state index < -0.39 is 16.4 Å². The summed E-state index contributed by atoms with van der Waals surface area (Å²) in [5.41, 5.74) is 0. The molecule has 0 heterocycles. The van der Waals surface area contributed by atoms with Gasteiger partial charge in [-0.2, -0.15) is 0 Å². The molecule has 0 radical (unpaired) electrons. The first-order valence-corrected chi connectivity index (χ1v) is 13.2. The monoisotopic (exact) mass is 284 g/mol. The van der Waals surface area contributed by atoms with Crippen molar-refractivity contribution in [1.82, 2.24) is 0 Å². The molecule has 0 aliphatic rings. The normalized spacial score (nSPS) is 12.4. The zero-order chi connectivity index (χ0) is 13.2. The van der Waals surface area contributed by atoms with Crippen molar-refractivity contribution in [2.75, 3.05) is 6.61 Å². The molecule has 0 rings (SSSR count). The highest BCUT2D eigenvalue weighted by atomic mass is 31.1. The van der Waals surface area contributed by atoms with Gasteiger partial charge in [-0.15, -0.1) is 0 Å². The second kappa shape index (κ2) is 9.30. The molecule has 0 saturated heterocycles. The predicted molar refractivity (Wildman–Crippen MR) is 75.5 cm³/mol. The third-order valence-corrected chi connectivity index (χ3v) is 6.17. The fourth-order valence-corrected chi connectivity index (χ4v) is 2.89.